The van der Waals surface area contributed by atoms with Crippen LogP contribution in [0.2, 0.25) is 0 Å². The number of fused-ring (bicyclic) bond motifs is 1. The smallest absolute Gasteiger partial charge is 0.234 e. The first-order valence-electron chi connectivity index (χ1n) is 8.84. The second-order valence-corrected chi connectivity index (χ2v) is 5.76. The molecule has 1 aromatic carbocycles. The maximum absolute atomic E-state index is 11.5. The molecule has 0 spiro atoms. The number of nitrogens with zero attached hydrogens (tertiary/aromatic N) is 3. The summed E-state index contributed by atoms with van der Waals surface area (Å²) < 4.78 is 13.2. The second-order valence-electron chi connectivity index (χ2n) is 5.76. The fourth-order valence-electron chi connectivity index (χ4n) is 2.62. The minimum atomic E-state index is -0.237. The summed E-state index contributed by atoms with van der Waals surface area (Å²) in [4.78, 5) is 20.7. The van der Waals surface area contributed by atoms with Crippen LogP contribution >= 0.6 is 0 Å². The van der Waals surface area contributed by atoms with E-state index in [0.717, 1.165) is 5.52 Å². The molecule has 2 heterocycles. The van der Waals surface area contributed by atoms with E-state index in [9.17, 15) is 4.79 Å². The van der Waals surface area contributed by atoms with E-state index in [0.29, 0.717) is 42.9 Å². The number of pyridine rings is 1. The van der Waals surface area contributed by atoms with E-state index in [4.69, 9.17) is 15.2 Å². The summed E-state index contributed by atoms with van der Waals surface area (Å²) in [6.07, 6.45) is 0. The highest BCUT2D eigenvalue weighted by molar-refractivity contribution is 5.78. The van der Waals surface area contributed by atoms with E-state index in [-0.39, 0.29) is 19.0 Å². The van der Waals surface area contributed by atoms with Crippen molar-refractivity contribution in [3.8, 4) is 11.6 Å². The molecule has 0 saturated heterocycles. The summed E-state index contributed by atoms with van der Waals surface area (Å²) in [6, 6.07) is 13.1. The minimum Gasteiger partial charge on any atom is -0.439 e. The lowest BCUT2D eigenvalue weighted by molar-refractivity contribution is -0.119. The van der Waals surface area contributed by atoms with Gasteiger partial charge in [-0.2, -0.15) is 4.98 Å². The number of hydrogen-bond donors (Lipinski definition) is 2. The fraction of sp³-hybridized carbons (Fsp3) is 0.316. The summed E-state index contributed by atoms with van der Waals surface area (Å²) in [5.74, 6) is 1.64. The van der Waals surface area contributed by atoms with E-state index in [2.05, 4.69) is 15.3 Å². The Morgan fingerprint density at radius 1 is 1.19 bits per heavy atom. The van der Waals surface area contributed by atoms with Gasteiger partial charge in [-0.25, -0.2) is 4.98 Å². The molecule has 0 radical (unpaired) electrons. The Morgan fingerprint density at radius 2 is 2.00 bits per heavy atom. The average Bonchev–Trinajstić information content (AvgIpc) is 3.04. The zero-order valence-electron chi connectivity index (χ0n) is 15.2. The molecule has 0 aliphatic carbocycles. The first kappa shape index (κ1) is 18.8. The quantitative estimate of drug-likeness (QED) is 0.558. The predicted octanol–water partition coefficient (Wildman–Crippen LogP) is 1.83. The highest BCUT2D eigenvalue weighted by Crippen LogP contribution is 2.23. The Hall–Kier alpha value is -2.97. The molecule has 3 rings (SSSR count). The van der Waals surface area contributed by atoms with Crippen molar-refractivity contribution in [3.63, 3.8) is 0 Å². The van der Waals surface area contributed by atoms with E-state index in [1.807, 2.05) is 47.9 Å². The third kappa shape index (κ3) is 4.81. The van der Waals surface area contributed by atoms with Crippen LogP contribution in [-0.4, -0.2) is 40.2 Å². The van der Waals surface area contributed by atoms with Gasteiger partial charge in [-0.15, -0.1) is 0 Å². The number of carbonyl (C=O) groups excluding carboxylic acids is 1. The van der Waals surface area contributed by atoms with Gasteiger partial charge in [-0.3, -0.25) is 4.79 Å². The van der Waals surface area contributed by atoms with Crippen LogP contribution < -0.4 is 15.8 Å². The zero-order valence-corrected chi connectivity index (χ0v) is 15.2. The molecular formula is C19H23N5O3. The minimum absolute atomic E-state index is 0.0630. The number of amides is 1. The van der Waals surface area contributed by atoms with Crippen LogP contribution in [0.25, 0.3) is 11.2 Å². The van der Waals surface area contributed by atoms with Gasteiger partial charge in [0.1, 0.15) is 17.1 Å². The van der Waals surface area contributed by atoms with Gasteiger partial charge in [-0.1, -0.05) is 18.2 Å². The van der Waals surface area contributed by atoms with Gasteiger partial charge >= 0.3 is 0 Å². The van der Waals surface area contributed by atoms with Crippen LogP contribution in [0, 0.1) is 0 Å². The van der Waals surface area contributed by atoms with Crippen LogP contribution in [0.4, 0.5) is 0 Å². The average molecular weight is 369 g/mol. The number of ether oxygens (including phenoxy) is 2. The lowest BCUT2D eigenvalue weighted by Crippen LogP contribution is -2.31. The second kappa shape index (κ2) is 9.11. The number of imidazole rings is 1. The normalized spacial score (nSPS) is 10.9. The number of aromatic nitrogens is 3. The lowest BCUT2D eigenvalue weighted by atomic mass is 10.3. The summed E-state index contributed by atoms with van der Waals surface area (Å²) in [6.45, 7) is 3.87. The molecule has 1 amide bonds. The Balaban J connectivity index is 1.89. The molecule has 0 saturated carbocycles. The maximum Gasteiger partial charge on any atom is 0.234 e. The van der Waals surface area contributed by atoms with Crippen LogP contribution in [-0.2, 0) is 22.6 Å². The van der Waals surface area contributed by atoms with Crippen molar-refractivity contribution in [1.82, 2.24) is 19.9 Å². The lowest BCUT2D eigenvalue weighted by Gasteiger charge is -2.10. The molecule has 0 fully saturated rings. The molecule has 0 atom stereocenters. The van der Waals surface area contributed by atoms with Crippen LogP contribution in [0.5, 0.6) is 11.6 Å². The van der Waals surface area contributed by atoms with E-state index >= 15 is 0 Å². The van der Waals surface area contributed by atoms with Gasteiger partial charge in [0.05, 0.1) is 19.7 Å². The van der Waals surface area contributed by atoms with Crippen LogP contribution in [0.1, 0.15) is 12.7 Å². The predicted molar refractivity (Wildman–Crippen MR) is 101 cm³/mol. The first-order chi connectivity index (χ1) is 13.2. The highest BCUT2D eigenvalue weighted by atomic mass is 16.5. The van der Waals surface area contributed by atoms with Crippen molar-refractivity contribution < 1.29 is 14.3 Å². The van der Waals surface area contributed by atoms with Gasteiger partial charge in [0, 0.05) is 19.2 Å². The molecule has 0 aliphatic rings. The summed E-state index contributed by atoms with van der Waals surface area (Å²) in [5.41, 5.74) is 6.76. The Kier molecular flexibility index (Phi) is 6.35. The number of carbonyl (C=O) groups is 1. The summed E-state index contributed by atoms with van der Waals surface area (Å²) in [5, 5.41) is 2.75. The molecule has 0 bridgehead atoms. The third-order valence-corrected chi connectivity index (χ3v) is 3.90. The molecular weight excluding hydrogens is 346 g/mol. The van der Waals surface area contributed by atoms with Crippen molar-refractivity contribution in [2.75, 3.05) is 19.8 Å². The van der Waals surface area contributed by atoms with E-state index in [1.54, 1.807) is 6.07 Å². The van der Waals surface area contributed by atoms with Crippen molar-refractivity contribution >= 4 is 17.1 Å². The van der Waals surface area contributed by atoms with Gasteiger partial charge in [0.15, 0.2) is 5.65 Å². The number of hydrogen-bond acceptors (Lipinski definition) is 6. The molecule has 0 unspecified atom stereocenters. The van der Waals surface area contributed by atoms with E-state index in [1.165, 1.54) is 0 Å². The van der Waals surface area contributed by atoms with Gasteiger partial charge < -0.3 is 25.1 Å². The summed E-state index contributed by atoms with van der Waals surface area (Å²) in [7, 11) is 0. The van der Waals surface area contributed by atoms with Gasteiger partial charge in [-0.05, 0) is 25.1 Å². The number of nitrogens with one attached hydrogen (secondary N) is 1. The number of rotatable bonds is 9. The van der Waals surface area contributed by atoms with Crippen molar-refractivity contribution in [3.05, 3.63) is 48.3 Å². The fourth-order valence-corrected chi connectivity index (χ4v) is 2.62. The highest BCUT2D eigenvalue weighted by Gasteiger charge is 2.14. The molecule has 3 N–H and O–H groups in total. The van der Waals surface area contributed by atoms with Crippen LogP contribution in [0.15, 0.2) is 42.5 Å². The SMILES string of the molecule is CCOCCn1c(CNC(=O)CN)nc2ccc(Oc3ccccc3)nc21. The number of para-hydroxylation sites is 1. The maximum atomic E-state index is 11.5. The number of nitrogens with two attached hydrogens (primary N) is 1. The van der Waals surface area contributed by atoms with Gasteiger partial charge in [0.2, 0.25) is 11.8 Å². The molecule has 2 aromatic heterocycles. The van der Waals surface area contributed by atoms with E-state index < -0.39 is 0 Å². The Labute approximate surface area is 157 Å². The largest absolute Gasteiger partial charge is 0.439 e. The number of benzene rings is 1. The molecule has 27 heavy (non-hydrogen) atoms. The van der Waals surface area contributed by atoms with Crippen molar-refractivity contribution in [1.29, 1.82) is 0 Å². The van der Waals surface area contributed by atoms with Gasteiger partial charge in [0.25, 0.3) is 0 Å². The molecule has 8 nitrogen and oxygen atoms in total. The third-order valence-electron chi connectivity index (χ3n) is 3.90. The molecule has 142 valence electrons. The van der Waals surface area contributed by atoms with Crippen molar-refractivity contribution in [2.24, 2.45) is 5.73 Å². The topological polar surface area (TPSA) is 104 Å². The Bertz CT molecular complexity index is 895. The molecule has 3 aromatic rings. The molecule has 8 heteroatoms. The zero-order chi connectivity index (χ0) is 19.1. The summed E-state index contributed by atoms with van der Waals surface area (Å²) >= 11 is 0. The first-order valence-corrected chi connectivity index (χ1v) is 8.84. The monoisotopic (exact) mass is 369 g/mol. The standard InChI is InChI=1S/C19H23N5O3/c1-2-26-11-10-24-16(13-21-17(25)12-20)22-15-8-9-18(23-19(15)24)27-14-6-4-3-5-7-14/h3-9H,2,10-13,20H2,1H3,(H,21,25). The van der Waals surface area contributed by atoms with Crippen LogP contribution in [0.3, 0.4) is 0 Å². The molecule has 0 aliphatic heterocycles. The van der Waals surface area contributed by atoms with Crippen molar-refractivity contribution in [2.45, 2.75) is 20.0 Å². The Morgan fingerprint density at radius 3 is 2.74 bits per heavy atom.